The number of fused-ring (bicyclic) bond motifs is 1. The maximum Gasteiger partial charge on any atom is 0.124 e. The van der Waals surface area contributed by atoms with Crippen molar-refractivity contribution in [3.63, 3.8) is 0 Å². The predicted octanol–water partition coefficient (Wildman–Crippen LogP) is 7.08. The minimum absolute atomic E-state index is 0.328. The van der Waals surface area contributed by atoms with Crippen molar-refractivity contribution in [2.24, 2.45) is 0 Å². The maximum absolute atomic E-state index is 6.30. The quantitative estimate of drug-likeness (QED) is 0.340. The first-order chi connectivity index (χ1) is 13.7. The van der Waals surface area contributed by atoms with Crippen LogP contribution in [0, 0.1) is 0 Å². The molecule has 0 saturated carbocycles. The van der Waals surface area contributed by atoms with Gasteiger partial charge in [-0.1, -0.05) is 65.7 Å². The third kappa shape index (κ3) is 4.34. The first-order valence-corrected chi connectivity index (χ1v) is 10.7. The lowest BCUT2D eigenvalue weighted by Gasteiger charge is -2.16. The predicted molar refractivity (Wildman–Crippen MR) is 120 cm³/mol. The lowest BCUT2D eigenvalue weighted by Crippen LogP contribution is -2.13. The average molecular weight is 428 g/mol. The molecule has 0 amide bonds. The van der Waals surface area contributed by atoms with Gasteiger partial charge in [0.15, 0.2) is 0 Å². The Kier molecular flexibility index (Phi) is 6.18. The van der Waals surface area contributed by atoms with Gasteiger partial charge < -0.3 is 10.1 Å². The van der Waals surface area contributed by atoms with Crippen molar-refractivity contribution in [2.75, 3.05) is 0 Å². The fourth-order valence-electron chi connectivity index (χ4n) is 3.18. The molecule has 2 nitrogen and oxygen atoms in total. The Hall–Kier alpha value is -2.04. The Morgan fingerprint density at radius 3 is 2.39 bits per heavy atom. The van der Waals surface area contributed by atoms with Gasteiger partial charge in [0.2, 0.25) is 0 Å². The first-order valence-electron chi connectivity index (χ1n) is 9.02. The van der Waals surface area contributed by atoms with Crippen LogP contribution in [0.25, 0.3) is 10.8 Å². The molecule has 1 heterocycles. The number of nitrogens with one attached hydrogen (secondary N) is 1. The minimum Gasteiger partial charge on any atom is -0.488 e. The summed E-state index contributed by atoms with van der Waals surface area (Å²) in [5.74, 6) is 0.841. The van der Waals surface area contributed by atoms with Crippen molar-refractivity contribution >= 4 is 45.3 Å². The zero-order chi connectivity index (χ0) is 19.3. The molecular weight excluding hydrogens is 409 g/mol. The number of rotatable bonds is 7. The highest BCUT2D eigenvalue weighted by Gasteiger charge is 2.12. The largest absolute Gasteiger partial charge is 0.488 e. The van der Waals surface area contributed by atoms with Gasteiger partial charge >= 0.3 is 0 Å². The molecule has 0 unspecified atom stereocenters. The van der Waals surface area contributed by atoms with Crippen LogP contribution >= 0.6 is 34.5 Å². The molecule has 0 saturated heterocycles. The first kappa shape index (κ1) is 19.3. The fraction of sp³-hybridized carbons (Fsp3) is 0.130. The highest BCUT2D eigenvalue weighted by atomic mass is 35.5. The minimum atomic E-state index is 0.328. The third-order valence-electron chi connectivity index (χ3n) is 4.61. The summed E-state index contributed by atoms with van der Waals surface area (Å²) >= 11 is 14.3. The number of ether oxygens (including phenoxy) is 1. The van der Waals surface area contributed by atoms with E-state index in [1.54, 1.807) is 11.3 Å². The van der Waals surface area contributed by atoms with Crippen molar-refractivity contribution in [1.29, 1.82) is 0 Å². The van der Waals surface area contributed by atoms with Gasteiger partial charge in [-0.25, -0.2) is 0 Å². The van der Waals surface area contributed by atoms with E-state index in [0.29, 0.717) is 23.2 Å². The molecule has 5 heteroatoms. The molecule has 0 aliphatic carbocycles. The summed E-state index contributed by atoms with van der Waals surface area (Å²) in [6.45, 7) is 1.87. The van der Waals surface area contributed by atoms with Gasteiger partial charge in [0, 0.05) is 39.1 Å². The smallest absolute Gasteiger partial charge is 0.124 e. The van der Waals surface area contributed by atoms with Crippen molar-refractivity contribution in [3.8, 4) is 5.75 Å². The molecule has 4 aromatic rings. The van der Waals surface area contributed by atoms with Gasteiger partial charge in [0.25, 0.3) is 0 Å². The van der Waals surface area contributed by atoms with Crippen LogP contribution in [-0.2, 0) is 19.7 Å². The number of thiophene rings is 1. The second-order valence-corrected chi connectivity index (χ2v) is 8.28. The van der Waals surface area contributed by atoms with Crippen molar-refractivity contribution in [1.82, 2.24) is 5.32 Å². The van der Waals surface area contributed by atoms with E-state index in [1.807, 2.05) is 24.3 Å². The SMILES string of the molecule is Clc1cccc(Cl)c1COc1ccc2ccccc2c1CNCc1cccs1. The van der Waals surface area contributed by atoms with Gasteiger partial charge in [-0.15, -0.1) is 11.3 Å². The van der Waals surface area contributed by atoms with Gasteiger partial charge in [-0.3, -0.25) is 0 Å². The lowest BCUT2D eigenvalue weighted by atomic mass is 10.0. The van der Waals surface area contributed by atoms with E-state index in [-0.39, 0.29) is 0 Å². The summed E-state index contributed by atoms with van der Waals surface area (Å²) in [4.78, 5) is 1.31. The van der Waals surface area contributed by atoms with Crippen LogP contribution < -0.4 is 10.1 Å². The van der Waals surface area contributed by atoms with Crippen molar-refractivity contribution in [2.45, 2.75) is 19.7 Å². The molecular formula is C23H19Cl2NOS. The average Bonchev–Trinajstić information content (AvgIpc) is 3.22. The van der Waals surface area contributed by atoms with E-state index < -0.39 is 0 Å². The summed E-state index contributed by atoms with van der Waals surface area (Å²) in [5.41, 5.74) is 1.94. The number of halogens is 2. The van der Waals surface area contributed by atoms with E-state index in [2.05, 4.69) is 53.2 Å². The Bertz CT molecular complexity index is 1060. The van der Waals surface area contributed by atoms with Crippen LogP contribution in [0.4, 0.5) is 0 Å². The monoisotopic (exact) mass is 427 g/mol. The molecule has 28 heavy (non-hydrogen) atoms. The van der Waals surface area contributed by atoms with E-state index in [4.69, 9.17) is 27.9 Å². The lowest BCUT2D eigenvalue weighted by molar-refractivity contribution is 0.303. The van der Waals surface area contributed by atoms with Crippen molar-refractivity contribution in [3.05, 3.63) is 98.2 Å². The standard InChI is InChI=1S/C23H19Cl2NOS/c24-21-8-3-9-22(25)20(21)15-27-23-11-10-16-5-1-2-7-18(16)19(23)14-26-13-17-6-4-12-28-17/h1-12,26H,13-15H2. The van der Waals surface area contributed by atoms with E-state index in [0.717, 1.165) is 23.4 Å². The molecule has 0 bridgehead atoms. The summed E-state index contributed by atoms with van der Waals surface area (Å²) in [6, 6.07) is 22.2. The van der Waals surface area contributed by atoms with Crippen LogP contribution in [0.1, 0.15) is 16.0 Å². The highest BCUT2D eigenvalue weighted by molar-refractivity contribution is 7.09. The zero-order valence-corrected chi connectivity index (χ0v) is 17.5. The number of hydrogen-bond acceptors (Lipinski definition) is 3. The molecule has 0 aliphatic rings. The van der Waals surface area contributed by atoms with Crippen molar-refractivity contribution < 1.29 is 4.74 Å². The Labute approximate surface area is 178 Å². The Balaban J connectivity index is 1.59. The van der Waals surface area contributed by atoms with Gasteiger partial charge in [-0.2, -0.15) is 0 Å². The molecule has 0 radical (unpaired) electrons. The molecule has 142 valence electrons. The Morgan fingerprint density at radius 2 is 1.61 bits per heavy atom. The fourth-order valence-corrected chi connectivity index (χ4v) is 4.36. The van der Waals surface area contributed by atoms with Crippen LogP contribution in [-0.4, -0.2) is 0 Å². The van der Waals surface area contributed by atoms with E-state index in [1.165, 1.54) is 15.6 Å². The third-order valence-corrected chi connectivity index (χ3v) is 6.20. The second kappa shape index (κ2) is 8.97. The maximum atomic E-state index is 6.30. The van der Waals surface area contributed by atoms with Crippen LogP contribution in [0.15, 0.2) is 72.1 Å². The molecule has 0 fully saturated rings. The molecule has 3 aromatic carbocycles. The van der Waals surface area contributed by atoms with Gasteiger partial charge in [-0.05, 0) is 40.4 Å². The molecule has 4 rings (SSSR count). The molecule has 0 spiro atoms. The summed E-state index contributed by atoms with van der Waals surface area (Å²) in [7, 11) is 0. The van der Waals surface area contributed by atoms with E-state index >= 15 is 0 Å². The number of hydrogen-bond donors (Lipinski definition) is 1. The zero-order valence-electron chi connectivity index (χ0n) is 15.1. The molecule has 0 atom stereocenters. The highest BCUT2D eigenvalue weighted by Crippen LogP contribution is 2.31. The Morgan fingerprint density at radius 1 is 0.786 bits per heavy atom. The van der Waals surface area contributed by atoms with Crippen LogP contribution in [0.5, 0.6) is 5.75 Å². The topological polar surface area (TPSA) is 21.3 Å². The normalized spacial score (nSPS) is 11.1. The summed E-state index contributed by atoms with van der Waals surface area (Å²) in [5, 5.41) is 9.24. The van der Waals surface area contributed by atoms with E-state index in [9.17, 15) is 0 Å². The van der Waals surface area contributed by atoms with Gasteiger partial charge in [0.05, 0.1) is 0 Å². The second-order valence-electron chi connectivity index (χ2n) is 6.44. The summed E-state index contributed by atoms with van der Waals surface area (Å²) < 4.78 is 6.17. The summed E-state index contributed by atoms with van der Waals surface area (Å²) in [6.07, 6.45) is 0. The van der Waals surface area contributed by atoms with Crippen LogP contribution in [0.3, 0.4) is 0 Å². The van der Waals surface area contributed by atoms with Gasteiger partial charge in [0.1, 0.15) is 12.4 Å². The number of benzene rings is 3. The molecule has 0 aliphatic heterocycles. The van der Waals surface area contributed by atoms with Crippen LogP contribution in [0.2, 0.25) is 10.0 Å². The molecule has 1 N–H and O–H groups in total. The molecule has 1 aromatic heterocycles.